The first kappa shape index (κ1) is 14.7. The minimum atomic E-state index is -0.292. The van der Waals surface area contributed by atoms with Crippen LogP contribution >= 0.6 is 38.9 Å². The van der Waals surface area contributed by atoms with Crippen LogP contribution in [0, 0.1) is 5.82 Å². The second-order valence-corrected chi connectivity index (χ2v) is 7.04. The fourth-order valence-electron chi connectivity index (χ4n) is 2.07. The highest BCUT2D eigenvalue weighted by atomic mass is 79.9. The Labute approximate surface area is 138 Å². The van der Waals surface area contributed by atoms with Gasteiger partial charge in [-0.15, -0.1) is 11.3 Å². The molecule has 2 aromatic carbocycles. The highest BCUT2D eigenvalue weighted by Gasteiger charge is 2.13. The Morgan fingerprint density at radius 2 is 2.00 bits per heavy atom. The first-order valence-corrected chi connectivity index (χ1v) is 8.18. The maximum atomic E-state index is 13.2. The molecule has 3 aromatic rings. The number of carbonyl (C=O) groups excluding carboxylic acids is 1. The number of benzene rings is 2. The van der Waals surface area contributed by atoms with Gasteiger partial charge in [0.2, 0.25) is 0 Å². The molecule has 0 amide bonds. The Morgan fingerprint density at radius 3 is 2.76 bits per heavy atom. The second kappa shape index (κ2) is 5.87. The summed E-state index contributed by atoms with van der Waals surface area (Å²) >= 11 is 10.8. The van der Waals surface area contributed by atoms with E-state index in [1.54, 1.807) is 18.2 Å². The summed E-state index contributed by atoms with van der Waals surface area (Å²) in [5, 5.41) is 1.44. The summed E-state index contributed by atoms with van der Waals surface area (Å²) < 4.78 is 14.8. The lowest BCUT2D eigenvalue weighted by molar-refractivity contribution is 0.0997. The molecular weight excluding hydrogens is 375 g/mol. The molecule has 106 valence electrons. The van der Waals surface area contributed by atoms with Crippen LogP contribution in [0.5, 0.6) is 0 Å². The van der Waals surface area contributed by atoms with Crippen molar-refractivity contribution in [2.24, 2.45) is 0 Å². The highest BCUT2D eigenvalue weighted by Crippen LogP contribution is 2.28. The SMILES string of the molecule is O=C(Cc1ccc(Br)cc1Cl)c1cc2ccc(F)cc2s1. The lowest BCUT2D eigenvalue weighted by Gasteiger charge is -2.03. The standard InChI is InChI=1S/C16H9BrClFOS/c17-11-3-1-9(13(18)7-11)5-14(20)16-6-10-2-4-12(19)8-15(10)21-16/h1-4,6-8H,5H2. The van der Waals surface area contributed by atoms with E-state index in [1.165, 1.54) is 23.5 Å². The van der Waals surface area contributed by atoms with Crippen molar-refractivity contribution in [1.82, 2.24) is 0 Å². The lowest BCUT2D eigenvalue weighted by Crippen LogP contribution is -2.01. The summed E-state index contributed by atoms with van der Waals surface area (Å²) in [6, 6.07) is 11.8. The molecule has 5 heteroatoms. The van der Waals surface area contributed by atoms with E-state index in [4.69, 9.17) is 11.6 Å². The number of hydrogen-bond donors (Lipinski definition) is 0. The van der Waals surface area contributed by atoms with Crippen molar-refractivity contribution >= 4 is 54.7 Å². The molecule has 3 rings (SSSR count). The van der Waals surface area contributed by atoms with Gasteiger partial charge in [-0.2, -0.15) is 0 Å². The number of carbonyl (C=O) groups is 1. The number of fused-ring (bicyclic) bond motifs is 1. The Balaban J connectivity index is 1.89. The van der Waals surface area contributed by atoms with Gasteiger partial charge >= 0.3 is 0 Å². The van der Waals surface area contributed by atoms with E-state index >= 15 is 0 Å². The minimum absolute atomic E-state index is 0.0131. The van der Waals surface area contributed by atoms with Gasteiger partial charge in [-0.25, -0.2) is 4.39 Å². The molecule has 0 spiro atoms. The van der Waals surface area contributed by atoms with Crippen molar-refractivity contribution in [2.45, 2.75) is 6.42 Å². The van der Waals surface area contributed by atoms with Crippen molar-refractivity contribution < 1.29 is 9.18 Å². The summed E-state index contributed by atoms with van der Waals surface area (Å²) in [4.78, 5) is 13.0. The first-order valence-electron chi connectivity index (χ1n) is 6.19. The van der Waals surface area contributed by atoms with Crippen molar-refractivity contribution in [2.75, 3.05) is 0 Å². The van der Waals surface area contributed by atoms with Gasteiger partial charge in [0, 0.05) is 20.6 Å². The van der Waals surface area contributed by atoms with Gasteiger partial charge in [-0.3, -0.25) is 4.79 Å². The van der Waals surface area contributed by atoms with Crippen LogP contribution in [0.15, 0.2) is 46.9 Å². The second-order valence-electron chi connectivity index (χ2n) is 4.63. The average Bonchev–Trinajstić information content (AvgIpc) is 2.85. The van der Waals surface area contributed by atoms with Crippen LogP contribution in [-0.2, 0) is 6.42 Å². The number of Topliss-reactive ketones (excluding diaryl/α,β-unsaturated/α-hetero) is 1. The number of hydrogen-bond acceptors (Lipinski definition) is 2. The molecule has 1 nitrogen and oxygen atoms in total. The van der Waals surface area contributed by atoms with Crippen LogP contribution in [0.3, 0.4) is 0 Å². The van der Waals surface area contributed by atoms with E-state index in [-0.39, 0.29) is 18.0 Å². The Kier molecular flexibility index (Phi) is 4.11. The fraction of sp³-hybridized carbons (Fsp3) is 0.0625. The zero-order valence-electron chi connectivity index (χ0n) is 10.7. The van der Waals surface area contributed by atoms with E-state index in [1.807, 2.05) is 12.1 Å². The monoisotopic (exact) mass is 382 g/mol. The maximum absolute atomic E-state index is 13.2. The van der Waals surface area contributed by atoms with Gasteiger partial charge in [-0.1, -0.05) is 39.7 Å². The van der Waals surface area contributed by atoms with E-state index in [2.05, 4.69) is 15.9 Å². The van der Waals surface area contributed by atoms with Crippen molar-refractivity contribution in [3.05, 3.63) is 68.2 Å². The Hall–Kier alpha value is -1.23. The molecule has 0 atom stereocenters. The van der Waals surface area contributed by atoms with E-state index < -0.39 is 0 Å². The highest BCUT2D eigenvalue weighted by molar-refractivity contribution is 9.10. The van der Waals surface area contributed by atoms with Gasteiger partial charge in [0.25, 0.3) is 0 Å². The smallest absolute Gasteiger partial charge is 0.177 e. The Morgan fingerprint density at radius 1 is 1.19 bits per heavy atom. The molecule has 1 aromatic heterocycles. The number of halogens is 3. The maximum Gasteiger partial charge on any atom is 0.177 e. The molecule has 0 bridgehead atoms. The van der Waals surface area contributed by atoms with Crippen LogP contribution in [0.1, 0.15) is 15.2 Å². The molecule has 0 aliphatic heterocycles. The summed E-state index contributed by atoms with van der Waals surface area (Å²) in [6.07, 6.45) is 0.238. The van der Waals surface area contributed by atoms with Crippen molar-refractivity contribution in [3.8, 4) is 0 Å². The van der Waals surface area contributed by atoms with Crippen LogP contribution in [0.4, 0.5) is 4.39 Å². The zero-order valence-corrected chi connectivity index (χ0v) is 13.9. The van der Waals surface area contributed by atoms with Crippen LogP contribution in [-0.4, -0.2) is 5.78 Å². The van der Waals surface area contributed by atoms with Crippen LogP contribution in [0.25, 0.3) is 10.1 Å². The van der Waals surface area contributed by atoms with Crippen LogP contribution in [0.2, 0.25) is 5.02 Å². The van der Waals surface area contributed by atoms with Crippen LogP contribution < -0.4 is 0 Å². The third-order valence-corrected chi connectivity index (χ3v) is 5.11. The number of thiophene rings is 1. The topological polar surface area (TPSA) is 17.1 Å². The number of ketones is 1. The van der Waals surface area contributed by atoms with Gasteiger partial charge < -0.3 is 0 Å². The largest absolute Gasteiger partial charge is 0.293 e. The summed E-state index contributed by atoms with van der Waals surface area (Å²) in [5.74, 6) is -0.305. The van der Waals surface area contributed by atoms with Crippen molar-refractivity contribution in [3.63, 3.8) is 0 Å². The fourth-order valence-corrected chi connectivity index (χ4v) is 3.83. The predicted molar refractivity (Wildman–Crippen MR) is 89.0 cm³/mol. The summed E-state index contributed by atoms with van der Waals surface area (Å²) in [7, 11) is 0. The molecule has 0 saturated carbocycles. The molecule has 0 unspecified atom stereocenters. The molecule has 1 heterocycles. The summed E-state index contributed by atoms with van der Waals surface area (Å²) in [5.41, 5.74) is 0.786. The van der Waals surface area contributed by atoms with E-state index in [0.717, 1.165) is 20.1 Å². The molecule has 0 aliphatic carbocycles. The molecule has 21 heavy (non-hydrogen) atoms. The first-order chi connectivity index (χ1) is 10.0. The minimum Gasteiger partial charge on any atom is -0.293 e. The predicted octanol–water partition coefficient (Wildman–Crippen LogP) is 5.88. The molecule has 0 radical (unpaired) electrons. The van der Waals surface area contributed by atoms with E-state index in [9.17, 15) is 9.18 Å². The molecule has 0 aliphatic rings. The molecule has 0 fully saturated rings. The molecule has 0 N–H and O–H groups in total. The van der Waals surface area contributed by atoms with Gasteiger partial charge in [-0.05, 0) is 41.3 Å². The third-order valence-electron chi connectivity index (χ3n) is 3.12. The van der Waals surface area contributed by atoms with Gasteiger partial charge in [0.1, 0.15) is 5.82 Å². The zero-order chi connectivity index (χ0) is 15.0. The Bertz CT molecular complexity index is 843. The molecule has 0 saturated heterocycles. The summed E-state index contributed by atoms with van der Waals surface area (Å²) in [6.45, 7) is 0. The van der Waals surface area contributed by atoms with Gasteiger partial charge in [0.05, 0.1) is 4.88 Å². The molecular formula is C16H9BrClFOS. The lowest BCUT2D eigenvalue weighted by atomic mass is 10.1. The number of rotatable bonds is 3. The normalized spacial score (nSPS) is 11.0. The van der Waals surface area contributed by atoms with Crippen molar-refractivity contribution in [1.29, 1.82) is 0 Å². The third kappa shape index (κ3) is 3.18. The van der Waals surface area contributed by atoms with Gasteiger partial charge in [0.15, 0.2) is 5.78 Å². The average molecular weight is 384 g/mol. The van der Waals surface area contributed by atoms with E-state index in [0.29, 0.717) is 9.90 Å². The quantitative estimate of drug-likeness (QED) is 0.516.